The summed E-state index contributed by atoms with van der Waals surface area (Å²) in [4.78, 5) is 14.3. The Balaban J connectivity index is 1.96. The molecular formula is C27H41N3O3. The number of nitrogens with one attached hydrogen (secondary N) is 2. The largest absolute Gasteiger partial charge is 0.478 e. The number of benzene rings is 1. The zero-order valence-corrected chi connectivity index (χ0v) is 20.4. The Bertz CT molecular complexity index is 820. The third kappa shape index (κ3) is 7.53. The van der Waals surface area contributed by atoms with Gasteiger partial charge in [-0.05, 0) is 81.8 Å². The molecule has 33 heavy (non-hydrogen) atoms. The summed E-state index contributed by atoms with van der Waals surface area (Å²) in [6, 6.07) is 3.53. The second-order valence-electron chi connectivity index (χ2n) is 9.13. The lowest BCUT2D eigenvalue weighted by molar-refractivity contribution is 0.0697. The van der Waals surface area contributed by atoms with Crippen LogP contribution in [0.2, 0.25) is 0 Å². The van der Waals surface area contributed by atoms with Crippen LogP contribution in [0.4, 0.5) is 11.4 Å². The van der Waals surface area contributed by atoms with E-state index in [0.29, 0.717) is 11.5 Å². The van der Waals surface area contributed by atoms with Crippen molar-refractivity contribution in [3.8, 4) is 5.75 Å². The predicted molar refractivity (Wildman–Crippen MR) is 137 cm³/mol. The lowest BCUT2D eigenvalue weighted by Crippen LogP contribution is -2.27. The lowest BCUT2D eigenvalue weighted by Gasteiger charge is -2.29. The van der Waals surface area contributed by atoms with Crippen molar-refractivity contribution in [2.75, 3.05) is 42.9 Å². The van der Waals surface area contributed by atoms with E-state index in [4.69, 9.17) is 4.74 Å². The SMILES string of the molecule is CCCCN(CCCC)c1cc(C(=O)O)cc(NCCC2CCNC2)c1OC1=CCCC=C1. The summed E-state index contributed by atoms with van der Waals surface area (Å²) in [6.45, 7) is 9.09. The van der Waals surface area contributed by atoms with Crippen LogP contribution in [0.3, 0.4) is 0 Å². The maximum absolute atomic E-state index is 12.0. The molecule has 0 spiro atoms. The van der Waals surface area contributed by atoms with Gasteiger partial charge in [-0.3, -0.25) is 0 Å². The molecule has 1 fully saturated rings. The van der Waals surface area contributed by atoms with E-state index < -0.39 is 5.97 Å². The van der Waals surface area contributed by atoms with Gasteiger partial charge >= 0.3 is 5.97 Å². The highest BCUT2D eigenvalue weighted by Gasteiger charge is 2.22. The number of unbranched alkanes of at least 4 members (excludes halogenated alkanes) is 2. The van der Waals surface area contributed by atoms with Gasteiger partial charge in [0.1, 0.15) is 5.76 Å². The minimum absolute atomic E-state index is 0.300. The summed E-state index contributed by atoms with van der Waals surface area (Å²) in [6.07, 6.45) is 14.8. The van der Waals surface area contributed by atoms with Gasteiger partial charge in [0.25, 0.3) is 0 Å². The average molecular weight is 456 g/mol. The first-order chi connectivity index (χ1) is 16.1. The van der Waals surface area contributed by atoms with Gasteiger partial charge in [-0.15, -0.1) is 0 Å². The predicted octanol–water partition coefficient (Wildman–Crippen LogP) is 5.82. The van der Waals surface area contributed by atoms with Gasteiger partial charge in [-0.25, -0.2) is 4.79 Å². The highest BCUT2D eigenvalue weighted by atomic mass is 16.5. The molecular weight excluding hydrogens is 414 g/mol. The molecule has 1 aromatic rings. The molecule has 6 nitrogen and oxygen atoms in total. The molecule has 1 heterocycles. The normalized spacial score (nSPS) is 17.6. The van der Waals surface area contributed by atoms with E-state index >= 15 is 0 Å². The molecule has 0 saturated carbocycles. The van der Waals surface area contributed by atoms with Crippen molar-refractivity contribution in [3.63, 3.8) is 0 Å². The number of hydrogen-bond donors (Lipinski definition) is 3. The fourth-order valence-electron chi connectivity index (χ4n) is 4.42. The van der Waals surface area contributed by atoms with Gasteiger partial charge in [0.2, 0.25) is 0 Å². The summed E-state index contributed by atoms with van der Waals surface area (Å²) >= 11 is 0. The van der Waals surface area contributed by atoms with Crippen molar-refractivity contribution in [1.29, 1.82) is 0 Å². The number of carboxylic acid groups (broad SMARTS) is 1. The molecule has 0 amide bonds. The van der Waals surface area contributed by atoms with Crippen molar-refractivity contribution in [2.24, 2.45) is 5.92 Å². The van der Waals surface area contributed by atoms with Crippen LogP contribution in [0.15, 0.2) is 36.1 Å². The molecule has 1 unspecified atom stereocenters. The first-order valence-corrected chi connectivity index (χ1v) is 12.8. The molecule has 3 N–H and O–H groups in total. The van der Waals surface area contributed by atoms with Gasteiger partial charge in [0.15, 0.2) is 5.75 Å². The molecule has 2 aliphatic rings. The Morgan fingerprint density at radius 1 is 1.21 bits per heavy atom. The molecule has 1 atom stereocenters. The molecule has 1 aliphatic heterocycles. The fourth-order valence-corrected chi connectivity index (χ4v) is 4.42. The van der Waals surface area contributed by atoms with Crippen LogP contribution in [0.5, 0.6) is 5.75 Å². The van der Waals surface area contributed by atoms with Crippen LogP contribution in [-0.2, 0) is 0 Å². The summed E-state index contributed by atoms with van der Waals surface area (Å²) in [5.74, 6) is 1.33. The van der Waals surface area contributed by atoms with E-state index in [1.807, 2.05) is 6.08 Å². The van der Waals surface area contributed by atoms with Crippen LogP contribution in [-0.4, -0.2) is 43.8 Å². The second kappa shape index (κ2) is 13.3. The Morgan fingerprint density at radius 3 is 2.61 bits per heavy atom. The van der Waals surface area contributed by atoms with Crippen LogP contribution >= 0.6 is 0 Å². The number of rotatable bonds is 14. The number of carboxylic acids is 1. The molecule has 6 heteroatoms. The highest BCUT2D eigenvalue weighted by Crippen LogP contribution is 2.40. The standard InChI is InChI=1S/C27H41N3O3/c1-3-5-16-30(17-6-4-2)25-19-22(27(31)32)18-24(29-15-13-21-12-14-28-20-21)26(25)33-23-10-8-7-9-11-23/h8,10-11,18-19,21,28-29H,3-7,9,12-17,20H2,1-2H3,(H,31,32). The van der Waals surface area contributed by atoms with Gasteiger partial charge in [0.05, 0.1) is 16.9 Å². The van der Waals surface area contributed by atoms with Crippen molar-refractivity contribution < 1.29 is 14.6 Å². The minimum Gasteiger partial charge on any atom is -0.478 e. The number of hydrogen-bond acceptors (Lipinski definition) is 5. The zero-order chi connectivity index (χ0) is 23.5. The molecule has 0 aromatic heterocycles. The molecule has 1 aromatic carbocycles. The maximum atomic E-state index is 12.0. The van der Waals surface area contributed by atoms with Crippen LogP contribution in [0.25, 0.3) is 0 Å². The van der Waals surface area contributed by atoms with Gasteiger partial charge < -0.3 is 25.4 Å². The van der Waals surface area contributed by atoms with Gasteiger partial charge in [-0.1, -0.05) is 32.8 Å². The van der Waals surface area contributed by atoms with Crippen molar-refractivity contribution in [3.05, 3.63) is 41.7 Å². The third-order valence-electron chi connectivity index (χ3n) is 6.43. The minimum atomic E-state index is -0.909. The Kier molecular flexibility index (Phi) is 10.1. The Hall–Kier alpha value is -2.47. The van der Waals surface area contributed by atoms with E-state index in [0.717, 1.165) is 101 Å². The smallest absolute Gasteiger partial charge is 0.335 e. The summed E-state index contributed by atoms with van der Waals surface area (Å²) in [5.41, 5.74) is 1.95. The number of carbonyl (C=O) groups is 1. The van der Waals surface area contributed by atoms with Crippen LogP contribution in [0, 0.1) is 5.92 Å². The number of nitrogens with zero attached hydrogens (tertiary/aromatic N) is 1. The molecule has 1 aliphatic carbocycles. The third-order valence-corrected chi connectivity index (χ3v) is 6.43. The number of aromatic carboxylic acids is 1. The van der Waals surface area contributed by atoms with E-state index in [1.165, 1.54) is 6.42 Å². The topological polar surface area (TPSA) is 73.8 Å². The lowest BCUT2D eigenvalue weighted by atomic mass is 10.0. The van der Waals surface area contributed by atoms with Crippen LogP contribution < -0.4 is 20.3 Å². The fraction of sp³-hybridized carbons (Fsp3) is 0.593. The summed E-state index contributed by atoms with van der Waals surface area (Å²) in [5, 5.41) is 16.8. The number of anilines is 2. The molecule has 1 saturated heterocycles. The first kappa shape index (κ1) is 25.2. The second-order valence-corrected chi connectivity index (χ2v) is 9.13. The molecule has 182 valence electrons. The van der Waals surface area contributed by atoms with E-state index in [9.17, 15) is 9.90 Å². The average Bonchev–Trinajstić information content (AvgIpc) is 3.34. The van der Waals surface area contributed by atoms with Crippen molar-refractivity contribution >= 4 is 17.3 Å². The summed E-state index contributed by atoms with van der Waals surface area (Å²) in [7, 11) is 0. The van der Waals surface area contributed by atoms with Gasteiger partial charge in [0, 0.05) is 19.6 Å². The Labute approximate surface area is 199 Å². The molecule has 0 bridgehead atoms. The maximum Gasteiger partial charge on any atom is 0.335 e. The van der Waals surface area contributed by atoms with E-state index in [-0.39, 0.29) is 0 Å². The molecule has 3 rings (SSSR count). The van der Waals surface area contributed by atoms with Crippen molar-refractivity contribution in [1.82, 2.24) is 5.32 Å². The quantitative estimate of drug-likeness (QED) is 0.328. The van der Waals surface area contributed by atoms with Gasteiger partial charge in [-0.2, -0.15) is 0 Å². The number of allylic oxidation sites excluding steroid dienone is 3. The van der Waals surface area contributed by atoms with E-state index in [2.05, 4.69) is 41.5 Å². The number of ether oxygens (including phenoxy) is 1. The highest BCUT2D eigenvalue weighted by molar-refractivity contribution is 5.92. The first-order valence-electron chi connectivity index (χ1n) is 12.8. The zero-order valence-electron chi connectivity index (χ0n) is 20.4. The monoisotopic (exact) mass is 455 g/mol. The van der Waals surface area contributed by atoms with Crippen molar-refractivity contribution in [2.45, 2.75) is 65.2 Å². The molecule has 0 radical (unpaired) electrons. The van der Waals surface area contributed by atoms with Crippen LogP contribution in [0.1, 0.15) is 75.6 Å². The summed E-state index contributed by atoms with van der Waals surface area (Å²) < 4.78 is 6.48. The Morgan fingerprint density at radius 2 is 2.00 bits per heavy atom. The van der Waals surface area contributed by atoms with E-state index in [1.54, 1.807) is 12.1 Å².